The molecule has 2 unspecified atom stereocenters. The summed E-state index contributed by atoms with van der Waals surface area (Å²) < 4.78 is 55.9. The number of nitrogens with zero attached hydrogens (tertiary/aromatic N) is 4. The molecule has 1 N–H and O–H groups in total. The summed E-state index contributed by atoms with van der Waals surface area (Å²) in [5.41, 5.74) is 1.48. The Morgan fingerprint density at radius 1 is 1.00 bits per heavy atom. The highest BCUT2D eigenvalue weighted by atomic mass is 35.5. The minimum absolute atomic E-state index is 0.0336. The molecular weight excluding hydrogens is 486 g/mol. The Kier molecular flexibility index (Phi) is 6.08. The number of amides is 1. The molecule has 184 valence electrons. The van der Waals surface area contributed by atoms with Crippen LogP contribution in [0.25, 0.3) is 0 Å². The second-order valence-electron chi connectivity index (χ2n) is 8.66. The number of carbonyl (C=O) groups excluding carboxylic acids is 1. The van der Waals surface area contributed by atoms with Crippen molar-refractivity contribution in [3.05, 3.63) is 76.7 Å². The molecular formula is C24H22ClF4N5O. The van der Waals surface area contributed by atoms with E-state index in [0.717, 1.165) is 10.4 Å². The first-order valence-corrected chi connectivity index (χ1v) is 11.5. The van der Waals surface area contributed by atoms with Crippen molar-refractivity contribution in [3.63, 3.8) is 0 Å². The number of hydrogen-bond acceptors (Lipinski definition) is 4. The number of fused-ring (bicyclic) bond motifs is 1. The van der Waals surface area contributed by atoms with Gasteiger partial charge in [-0.25, -0.2) is 9.07 Å². The molecule has 0 bridgehead atoms. The number of rotatable bonds is 3. The lowest BCUT2D eigenvalue weighted by molar-refractivity contribution is -0.173. The third kappa shape index (κ3) is 4.80. The first-order valence-electron chi connectivity index (χ1n) is 11.2. The second kappa shape index (κ2) is 9.07. The molecule has 2 aliphatic rings. The van der Waals surface area contributed by atoms with E-state index < -0.39 is 24.2 Å². The van der Waals surface area contributed by atoms with Crippen molar-refractivity contribution in [2.24, 2.45) is 0 Å². The summed E-state index contributed by atoms with van der Waals surface area (Å²) in [5, 5.41) is 7.66. The normalized spacial score (nSPS) is 20.4. The quantitative estimate of drug-likeness (QED) is 0.489. The van der Waals surface area contributed by atoms with Crippen molar-refractivity contribution >= 4 is 29.0 Å². The van der Waals surface area contributed by atoms with Gasteiger partial charge in [0.2, 0.25) is 0 Å². The van der Waals surface area contributed by atoms with Gasteiger partial charge in [0.05, 0.1) is 6.04 Å². The molecule has 6 nitrogen and oxygen atoms in total. The largest absolute Gasteiger partial charge is 0.410 e. The number of nitrogens with one attached hydrogen (secondary N) is 1. The lowest BCUT2D eigenvalue weighted by atomic mass is 9.97. The van der Waals surface area contributed by atoms with Crippen molar-refractivity contribution in [1.29, 1.82) is 0 Å². The summed E-state index contributed by atoms with van der Waals surface area (Å²) in [6, 6.07) is 11.7. The third-order valence-corrected chi connectivity index (χ3v) is 6.69. The van der Waals surface area contributed by atoms with E-state index >= 15 is 0 Å². The van der Waals surface area contributed by atoms with Crippen LogP contribution in [-0.4, -0.2) is 52.9 Å². The zero-order valence-corrected chi connectivity index (χ0v) is 19.2. The molecule has 1 amide bonds. The van der Waals surface area contributed by atoms with Gasteiger partial charge in [0.15, 0.2) is 11.7 Å². The summed E-state index contributed by atoms with van der Waals surface area (Å²) in [6.45, 7) is 1.80. The van der Waals surface area contributed by atoms with Gasteiger partial charge in [0.25, 0.3) is 5.91 Å². The van der Waals surface area contributed by atoms with Crippen molar-refractivity contribution < 1.29 is 22.4 Å². The summed E-state index contributed by atoms with van der Waals surface area (Å²) in [5.74, 6) is -0.598. The molecule has 2 aliphatic heterocycles. The van der Waals surface area contributed by atoms with E-state index in [1.807, 2.05) is 4.90 Å². The van der Waals surface area contributed by atoms with Gasteiger partial charge in [-0.1, -0.05) is 23.7 Å². The van der Waals surface area contributed by atoms with Crippen LogP contribution in [0.3, 0.4) is 0 Å². The molecule has 2 atom stereocenters. The molecule has 35 heavy (non-hydrogen) atoms. The molecule has 1 aromatic heterocycles. The molecule has 0 saturated carbocycles. The Bertz CT molecular complexity index is 1200. The third-order valence-electron chi connectivity index (χ3n) is 6.44. The predicted molar refractivity (Wildman–Crippen MR) is 124 cm³/mol. The number of benzene rings is 2. The van der Waals surface area contributed by atoms with Gasteiger partial charge < -0.3 is 15.1 Å². The number of aromatic nitrogens is 2. The van der Waals surface area contributed by atoms with E-state index in [1.165, 1.54) is 18.2 Å². The van der Waals surface area contributed by atoms with Gasteiger partial charge in [-0.05, 0) is 42.0 Å². The van der Waals surface area contributed by atoms with Crippen LogP contribution < -0.4 is 10.2 Å². The Morgan fingerprint density at radius 2 is 1.66 bits per heavy atom. The van der Waals surface area contributed by atoms with Gasteiger partial charge in [-0.3, -0.25) is 4.79 Å². The zero-order chi connectivity index (χ0) is 24.7. The van der Waals surface area contributed by atoms with E-state index in [2.05, 4.69) is 10.4 Å². The number of hydrogen-bond donors (Lipinski definition) is 1. The maximum Gasteiger partial charge on any atom is 0.410 e. The van der Waals surface area contributed by atoms with Crippen molar-refractivity contribution in [2.75, 3.05) is 36.4 Å². The monoisotopic (exact) mass is 507 g/mol. The maximum atomic E-state index is 13.9. The summed E-state index contributed by atoms with van der Waals surface area (Å²) in [7, 11) is 0. The average molecular weight is 508 g/mol. The van der Waals surface area contributed by atoms with Crippen molar-refractivity contribution in [1.82, 2.24) is 14.7 Å². The lowest BCUT2D eigenvalue weighted by Crippen LogP contribution is -2.49. The fourth-order valence-electron chi connectivity index (χ4n) is 4.57. The van der Waals surface area contributed by atoms with Gasteiger partial charge in [0, 0.05) is 49.4 Å². The molecule has 1 saturated heterocycles. The van der Waals surface area contributed by atoms with Crippen LogP contribution in [0.5, 0.6) is 0 Å². The number of anilines is 2. The summed E-state index contributed by atoms with van der Waals surface area (Å²) in [4.78, 5) is 16.7. The highest BCUT2D eigenvalue weighted by molar-refractivity contribution is 6.30. The molecule has 2 aromatic carbocycles. The Labute approximate surface area is 204 Å². The molecule has 5 rings (SSSR count). The highest BCUT2D eigenvalue weighted by Crippen LogP contribution is 2.43. The number of alkyl halides is 3. The molecule has 3 aromatic rings. The first-order chi connectivity index (χ1) is 16.7. The van der Waals surface area contributed by atoms with E-state index in [1.54, 1.807) is 41.3 Å². The van der Waals surface area contributed by atoms with E-state index in [9.17, 15) is 22.4 Å². The number of halogens is 5. The predicted octanol–water partition coefficient (Wildman–Crippen LogP) is 5.30. The Morgan fingerprint density at radius 3 is 2.29 bits per heavy atom. The van der Waals surface area contributed by atoms with Crippen LogP contribution in [0.4, 0.5) is 29.1 Å². The maximum absolute atomic E-state index is 13.9. The van der Waals surface area contributed by atoms with Crippen LogP contribution in [0, 0.1) is 5.82 Å². The van der Waals surface area contributed by atoms with Gasteiger partial charge in [-0.15, -0.1) is 0 Å². The fraction of sp³-hybridized carbons (Fsp3) is 0.333. The molecule has 0 radical (unpaired) electrons. The SMILES string of the molecule is O=C(c1cc2n(n1)C(C(F)(F)F)CC(c1ccc(Cl)cc1)N2)N1CCN(c2ccc(F)cc2)CC1. The van der Waals surface area contributed by atoms with Crippen LogP contribution in [0.15, 0.2) is 54.6 Å². The first kappa shape index (κ1) is 23.5. The minimum Gasteiger partial charge on any atom is -0.368 e. The summed E-state index contributed by atoms with van der Waals surface area (Å²) in [6.07, 6.45) is -4.79. The zero-order valence-electron chi connectivity index (χ0n) is 18.5. The van der Waals surface area contributed by atoms with Crippen LogP contribution >= 0.6 is 11.6 Å². The van der Waals surface area contributed by atoms with Gasteiger partial charge in [-0.2, -0.15) is 18.3 Å². The number of carbonyl (C=O) groups is 1. The van der Waals surface area contributed by atoms with Gasteiger partial charge in [0.1, 0.15) is 11.6 Å². The molecule has 0 aliphatic carbocycles. The van der Waals surface area contributed by atoms with E-state index in [0.29, 0.717) is 36.8 Å². The standard InChI is InChI=1S/C24H22ClF4N5O/c25-16-3-1-15(2-4-16)19-13-21(24(27,28)29)34-22(30-19)14-20(31-34)23(35)33-11-9-32(10-12-33)18-7-5-17(26)6-8-18/h1-8,14,19,21,30H,9-13H2. The fourth-order valence-corrected chi connectivity index (χ4v) is 4.70. The highest BCUT2D eigenvalue weighted by Gasteiger charge is 2.47. The van der Waals surface area contributed by atoms with Crippen LogP contribution in [0.1, 0.15) is 34.6 Å². The van der Waals surface area contributed by atoms with Crippen molar-refractivity contribution in [3.8, 4) is 0 Å². The van der Waals surface area contributed by atoms with Crippen LogP contribution in [-0.2, 0) is 0 Å². The topological polar surface area (TPSA) is 53.4 Å². The van der Waals surface area contributed by atoms with Crippen molar-refractivity contribution in [2.45, 2.75) is 24.7 Å². The second-order valence-corrected chi connectivity index (χ2v) is 9.09. The van der Waals surface area contributed by atoms with Crippen LogP contribution in [0.2, 0.25) is 5.02 Å². The minimum atomic E-state index is -4.53. The van der Waals surface area contributed by atoms with E-state index in [-0.39, 0.29) is 23.7 Å². The Hall–Kier alpha value is -3.27. The van der Waals surface area contributed by atoms with E-state index in [4.69, 9.17) is 11.6 Å². The number of piperazine rings is 1. The molecule has 11 heteroatoms. The Balaban J connectivity index is 1.33. The molecule has 0 spiro atoms. The van der Waals surface area contributed by atoms with Gasteiger partial charge >= 0.3 is 6.18 Å². The smallest absolute Gasteiger partial charge is 0.368 e. The summed E-state index contributed by atoms with van der Waals surface area (Å²) >= 11 is 5.92. The molecule has 3 heterocycles. The lowest BCUT2D eigenvalue weighted by Gasteiger charge is -2.35. The molecule has 1 fully saturated rings. The average Bonchev–Trinajstić information content (AvgIpc) is 3.27.